The summed E-state index contributed by atoms with van der Waals surface area (Å²) in [5.74, 6) is 0.281. The zero-order valence-electron chi connectivity index (χ0n) is 19.2. The molecule has 1 amide bonds. The third kappa shape index (κ3) is 6.52. The van der Waals surface area contributed by atoms with Crippen molar-refractivity contribution < 1.29 is 19.1 Å². The van der Waals surface area contributed by atoms with Gasteiger partial charge in [-0.15, -0.1) is 0 Å². The van der Waals surface area contributed by atoms with Crippen LogP contribution in [-0.4, -0.2) is 35.6 Å². The van der Waals surface area contributed by atoms with Gasteiger partial charge in [0.25, 0.3) is 5.91 Å². The Bertz CT molecular complexity index is 1270. The largest absolute Gasteiger partial charge is 0.489 e. The number of likely N-dealkylation sites (N-methyl/N-ethyl adjacent to an activating group) is 1. The molecule has 35 heavy (non-hydrogen) atoms. The molecule has 178 valence electrons. The van der Waals surface area contributed by atoms with Gasteiger partial charge < -0.3 is 9.47 Å². The number of halogens is 1. The zero-order chi connectivity index (χ0) is 24.8. The Balaban J connectivity index is 1.41. The van der Waals surface area contributed by atoms with Gasteiger partial charge in [0.1, 0.15) is 12.4 Å². The lowest BCUT2D eigenvalue weighted by Gasteiger charge is -2.07. The Kier molecular flexibility index (Phi) is 8.25. The van der Waals surface area contributed by atoms with Gasteiger partial charge in [0.2, 0.25) is 0 Å². The molecule has 0 atom stereocenters. The van der Waals surface area contributed by atoms with Crippen molar-refractivity contribution in [3.63, 3.8) is 0 Å². The van der Waals surface area contributed by atoms with Gasteiger partial charge in [-0.25, -0.2) is 9.79 Å². The number of hydrogen-bond donors (Lipinski definition) is 0. The van der Waals surface area contributed by atoms with Crippen molar-refractivity contribution in [2.75, 3.05) is 13.7 Å². The molecule has 0 unspecified atom stereocenters. The number of thioether (sulfide) groups is 1. The average molecular weight is 598 g/mol. The van der Waals surface area contributed by atoms with E-state index in [1.165, 1.54) is 20.2 Å². The number of benzene rings is 3. The average Bonchev–Trinajstić information content (AvgIpc) is 3.12. The highest BCUT2D eigenvalue weighted by molar-refractivity contribution is 14.1. The highest BCUT2D eigenvalue weighted by Crippen LogP contribution is 2.33. The van der Waals surface area contributed by atoms with Crippen molar-refractivity contribution in [2.45, 2.75) is 13.5 Å². The number of amidine groups is 1. The molecule has 0 aromatic heterocycles. The van der Waals surface area contributed by atoms with E-state index in [1.807, 2.05) is 42.5 Å². The minimum Gasteiger partial charge on any atom is -0.489 e. The summed E-state index contributed by atoms with van der Waals surface area (Å²) >= 11 is 3.59. The zero-order valence-corrected chi connectivity index (χ0v) is 22.2. The van der Waals surface area contributed by atoms with Crippen LogP contribution >= 0.6 is 34.4 Å². The first-order valence-corrected chi connectivity index (χ1v) is 12.8. The Morgan fingerprint density at radius 3 is 2.37 bits per heavy atom. The molecule has 1 fully saturated rings. The van der Waals surface area contributed by atoms with E-state index in [2.05, 4.69) is 39.7 Å². The van der Waals surface area contributed by atoms with Gasteiger partial charge >= 0.3 is 5.97 Å². The predicted molar refractivity (Wildman–Crippen MR) is 148 cm³/mol. The number of rotatable bonds is 7. The predicted octanol–water partition coefficient (Wildman–Crippen LogP) is 6.28. The lowest BCUT2D eigenvalue weighted by Crippen LogP contribution is -2.23. The van der Waals surface area contributed by atoms with Gasteiger partial charge in [-0.3, -0.25) is 9.69 Å². The van der Waals surface area contributed by atoms with Crippen LogP contribution in [0.2, 0.25) is 0 Å². The quantitative estimate of drug-likeness (QED) is 0.182. The molecule has 0 radical (unpaired) electrons. The van der Waals surface area contributed by atoms with Crippen LogP contribution < -0.4 is 4.74 Å². The van der Waals surface area contributed by atoms with E-state index >= 15 is 0 Å². The van der Waals surface area contributed by atoms with Crippen molar-refractivity contribution >= 4 is 63.2 Å². The van der Waals surface area contributed by atoms with Crippen LogP contribution in [0.1, 0.15) is 28.4 Å². The first kappa shape index (κ1) is 25.0. The number of nitrogens with zero attached hydrogens (tertiary/aromatic N) is 2. The molecular weight excluding hydrogens is 575 g/mol. The van der Waals surface area contributed by atoms with Crippen LogP contribution in [-0.2, 0) is 16.1 Å². The Morgan fingerprint density at radius 1 is 1.03 bits per heavy atom. The van der Waals surface area contributed by atoms with E-state index in [9.17, 15) is 9.59 Å². The molecule has 1 aliphatic rings. The van der Waals surface area contributed by atoms with E-state index in [4.69, 9.17) is 9.47 Å². The lowest BCUT2D eigenvalue weighted by atomic mass is 10.2. The highest BCUT2D eigenvalue weighted by Gasteiger charge is 2.30. The molecule has 1 saturated heterocycles. The van der Waals surface area contributed by atoms with Crippen molar-refractivity contribution in [1.82, 2.24) is 4.90 Å². The second kappa shape index (κ2) is 11.5. The molecular formula is C27H23IN2O4S. The Hall–Kier alpha value is -3.11. The van der Waals surface area contributed by atoms with Gasteiger partial charge in [0.15, 0.2) is 5.17 Å². The summed E-state index contributed by atoms with van der Waals surface area (Å²) in [6.45, 7) is 2.59. The van der Waals surface area contributed by atoms with Gasteiger partial charge in [-0.2, -0.15) is 0 Å². The number of esters is 1. The fraction of sp³-hybridized carbons (Fsp3) is 0.148. The summed E-state index contributed by atoms with van der Waals surface area (Å²) in [6.07, 6.45) is 1.85. The fourth-order valence-electron chi connectivity index (χ4n) is 3.21. The van der Waals surface area contributed by atoms with Crippen LogP contribution in [0.25, 0.3) is 6.08 Å². The van der Waals surface area contributed by atoms with Gasteiger partial charge in [-0.05, 0) is 107 Å². The van der Waals surface area contributed by atoms with Gasteiger partial charge in [-0.1, -0.05) is 24.3 Å². The monoisotopic (exact) mass is 598 g/mol. The summed E-state index contributed by atoms with van der Waals surface area (Å²) in [4.78, 5) is 31.2. The number of amides is 1. The number of carbonyl (C=O) groups excluding carboxylic acids is 2. The smallest absolute Gasteiger partial charge is 0.338 e. The maximum atomic E-state index is 12.7. The SMILES string of the molecule is CCOC(=O)c1ccc(N=C2S/C(=C\c3ccc(OCc4ccc(I)cc4)cc3)C(=O)N2C)cc1. The van der Waals surface area contributed by atoms with E-state index in [0.29, 0.717) is 34.5 Å². The number of aliphatic imine (C=N–C) groups is 1. The van der Waals surface area contributed by atoms with E-state index < -0.39 is 0 Å². The standard InChI is InChI=1S/C27H23IN2O4S/c1-3-33-26(32)20-8-12-22(13-9-20)29-27-30(2)25(31)24(35-27)16-18-6-14-23(15-7-18)34-17-19-4-10-21(28)11-5-19/h4-16H,3,17H2,1-2H3/b24-16-,29-27?. The van der Waals surface area contributed by atoms with Crippen LogP contribution in [0.4, 0.5) is 5.69 Å². The van der Waals surface area contributed by atoms with Gasteiger partial charge in [0.05, 0.1) is 22.8 Å². The van der Waals surface area contributed by atoms with E-state index in [1.54, 1.807) is 38.2 Å². The maximum Gasteiger partial charge on any atom is 0.338 e. The van der Waals surface area contributed by atoms with Crippen LogP contribution in [0, 0.1) is 3.57 Å². The van der Waals surface area contributed by atoms with Crippen molar-refractivity contribution in [3.05, 3.63) is 98.0 Å². The molecule has 3 aromatic carbocycles. The summed E-state index contributed by atoms with van der Waals surface area (Å²) in [7, 11) is 1.70. The van der Waals surface area contributed by atoms with Crippen LogP contribution in [0.5, 0.6) is 5.75 Å². The summed E-state index contributed by atoms with van der Waals surface area (Å²) in [5.41, 5.74) is 3.12. The first-order valence-electron chi connectivity index (χ1n) is 10.9. The summed E-state index contributed by atoms with van der Waals surface area (Å²) in [6, 6.07) is 22.6. The molecule has 1 aliphatic heterocycles. The fourth-order valence-corrected chi connectivity index (χ4v) is 4.55. The molecule has 4 rings (SSSR count). The maximum absolute atomic E-state index is 12.7. The first-order chi connectivity index (χ1) is 16.9. The minimum absolute atomic E-state index is 0.115. The third-order valence-electron chi connectivity index (χ3n) is 5.10. The molecule has 0 aliphatic carbocycles. The van der Waals surface area contributed by atoms with Crippen molar-refractivity contribution in [2.24, 2.45) is 4.99 Å². The van der Waals surface area contributed by atoms with Crippen molar-refractivity contribution in [1.29, 1.82) is 0 Å². The molecule has 8 heteroatoms. The summed E-state index contributed by atoms with van der Waals surface area (Å²) < 4.78 is 12.1. The number of carbonyl (C=O) groups is 2. The normalized spacial score (nSPS) is 15.6. The molecule has 6 nitrogen and oxygen atoms in total. The van der Waals surface area contributed by atoms with Crippen LogP contribution in [0.15, 0.2) is 82.7 Å². The third-order valence-corrected chi connectivity index (χ3v) is 6.88. The number of hydrogen-bond acceptors (Lipinski definition) is 6. The van der Waals surface area contributed by atoms with Gasteiger partial charge in [0, 0.05) is 10.6 Å². The molecule has 1 heterocycles. The van der Waals surface area contributed by atoms with E-state index in [0.717, 1.165) is 16.9 Å². The second-order valence-electron chi connectivity index (χ2n) is 7.62. The van der Waals surface area contributed by atoms with Crippen molar-refractivity contribution in [3.8, 4) is 5.75 Å². The summed E-state index contributed by atoms with van der Waals surface area (Å²) in [5, 5.41) is 0.572. The Labute approximate surface area is 222 Å². The Morgan fingerprint density at radius 2 is 1.71 bits per heavy atom. The minimum atomic E-state index is -0.370. The molecule has 3 aromatic rings. The molecule has 0 bridgehead atoms. The molecule has 0 saturated carbocycles. The van der Waals surface area contributed by atoms with E-state index in [-0.39, 0.29) is 11.9 Å². The topological polar surface area (TPSA) is 68.2 Å². The second-order valence-corrected chi connectivity index (χ2v) is 9.88. The highest BCUT2D eigenvalue weighted by atomic mass is 127. The molecule has 0 spiro atoms. The lowest BCUT2D eigenvalue weighted by molar-refractivity contribution is -0.121. The van der Waals surface area contributed by atoms with Crippen LogP contribution in [0.3, 0.4) is 0 Å². The molecule has 0 N–H and O–H groups in total. The number of ether oxygens (including phenoxy) is 2.